The molecule has 3 rings (SSSR count). The molecule has 0 heterocycles. The SMILES string of the molecule is CC12CCC(CC1=O)C2(C)C.CCCCCCCCCCCCC[N+](C)(C)Cc1ccccc1. The van der Waals surface area contributed by atoms with Gasteiger partial charge in [-0.2, -0.15) is 0 Å². The average molecular weight is 471 g/mol. The number of carbonyl (C=O) groups excluding carboxylic acids is 1. The molecule has 2 bridgehead atoms. The van der Waals surface area contributed by atoms with Crippen LogP contribution < -0.4 is 0 Å². The highest BCUT2D eigenvalue weighted by Crippen LogP contribution is 2.63. The molecule has 0 N–H and O–H groups in total. The number of nitrogens with zero attached hydrogens (tertiary/aromatic N) is 1. The zero-order valence-electron chi connectivity index (χ0n) is 23.6. The largest absolute Gasteiger partial charge is 0.325 e. The summed E-state index contributed by atoms with van der Waals surface area (Å²) in [6, 6.07) is 10.9. The number of ketones is 1. The lowest BCUT2D eigenvalue weighted by Crippen LogP contribution is -2.39. The molecule has 2 unspecified atom stereocenters. The number of carbonyl (C=O) groups is 1. The smallest absolute Gasteiger partial charge is 0.139 e. The van der Waals surface area contributed by atoms with Gasteiger partial charge >= 0.3 is 0 Å². The minimum absolute atomic E-state index is 0.0255. The summed E-state index contributed by atoms with van der Waals surface area (Å²) in [5.41, 5.74) is 1.77. The van der Waals surface area contributed by atoms with E-state index in [1.54, 1.807) is 0 Å². The van der Waals surface area contributed by atoms with Gasteiger partial charge in [0.1, 0.15) is 12.3 Å². The van der Waals surface area contributed by atoms with E-state index in [4.69, 9.17) is 0 Å². The number of unbranched alkanes of at least 4 members (excludes halogenated alkanes) is 10. The van der Waals surface area contributed by atoms with Crippen molar-refractivity contribution in [2.24, 2.45) is 16.7 Å². The van der Waals surface area contributed by atoms with Gasteiger partial charge in [-0.25, -0.2) is 0 Å². The van der Waals surface area contributed by atoms with Crippen molar-refractivity contribution in [2.45, 2.75) is 124 Å². The van der Waals surface area contributed by atoms with Crippen LogP contribution in [0.15, 0.2) is 30.3 Å². The molecular weight excluding hydrogens is 414 g/mol. The van der Waals surface area contributed by atoms with Gasteiger partial charge in [-0.1, -0.05) is 116 Å². The summed E-state index contributed by atoms with van der Waals surface area (Å²) in [5.74, 6) is 1.19. The van der Waals surface area contributed by atoms with Crippen molar-refractivity contribution in [1.29, 1.82) is 0 Å². The van der Waals surface area contributed by atoms with E-state index in [2.05, 4.69) is 72.1 Å². The van der Waals surface area contributed by atoms with Crippen LogP contribution >= 0.6 is 0 Å². The number of fused-ring (bicyclic) bond motifs is 2. The predicted octanol–water partition coefficient (Wildman–Crippen LogP) is 8.98. The number of quaternary nitrogens is 1. The Hall–Kier alpha value is -1.15. The molecule has 2 fully saturated rings. The van der Waals surface area contributed by atoms with Crippen molar-refractivity contribution in [3.05, 3.63) is 35.9 Å². The zero-order chi connectivity index (χ0) is 25.1. The van der Waals surface area contributed by atoms with Crippen LogP contribution in [0, 0.1) is 16.7 Å². The van der Waals surface area contributed by atoms with Crippen molar-refractivity contribution < 1.29 is 9.28 Å². The first-order valence-electron chi connectivity index (χ1n) is 14.5. The fraction of sp³-hybridized carbons (Fsp3) is 0.781. The maximum atomic E-state index is 11.6. The Bertz CT molecular complexity index is 707. The van der Waals surface area contributed by atoms with Gasteiger partial charge in [0.25, 0.3) is 0 Å². The first kappa shape index (κ1) is 29.1. The molecule has 194 valence electrons. The van der Waals surface area contributed by atoms with Gasteiger partial charge in [-0.15, -0.1) is 0 Å². The molecule has 0 spiro atoms. The van der Waals surface area contributed by atoms with Crippen molar-refractivity contribution in [3.8, 4) is 0 Å². The van der Waals surface area contributed by atoms with E-state index < -0.39 is 0 Å². The molecule has 0 radical (unpaired) electrons. The quantitative estimate of drug-likeness (QED) is 0.196. The molecule has 0 aliphatic heterocycles. The highest BCUT2D eigenvalue weighted by Gasteiger charge is 2.61. The van der Waals surface area contributed by atoms with Crippen LogP contribution in [0.2, 0.25) is 0 Å². The Morgan fingerprint density at radius 1 is 0.824 bits per heavy atom. The van der Waals surface area contributed by atoms with Crippen molar-refractivity contribution >= 4 is 5.78 Å². The third-order valence-electron chi connectivity index (χ3n) is 9.30. The van der Waals surface area contributed by atoms with E-state index >= 15 is 0 Å². The van der Waals surface area contributed by atoms with Crippen LogP contribution in [0.3, 0.4) is 0 Å². The molecule has 0 saturated heterocycles. The maximum absolute atomic E-state index is 11.6. The number of benzene rings is 1. The lowest BCUT2D eigenvalue weighted by atomic mass is 9.70. The molecule has 2 atom stereocenters. The molecule has 2 saturated carbocycles. The second-order valence-electron chi connectivity index (χ2n) is 12.8. The van der Waals surface area contributed by atoms with Gasteiger partial charge in [-0.05, 0) is 37.0 Å². The minimum atomic E-state index is 0.0255. The van der Waals surface area contributed by atoms with Crippen molar-refractivity contribution in [1.82, 2.24) is 0 Å². The standard InChI is InChI=1S/C22H40N.C10H16O/c1-4-5-6-7-8-9-10-11-12-13-17-20-23(2,3)21-22-18-15-14-16-19-22;1-9(2)7-4-5-10(9,3)8(11)6-7/h14-16,18-19H,4-13,17,20-21H2,1-3H3;7H,4-6H2,1-3H3/q+1;. The summed E-state index contributed by atoms with van der Waals surface area (Å²) in [6.07, 6.45) is 19.0. The highest BCUT2D eigenvalue weighted by molar-refractivity contribution is 5.89. The molecule has 2 heteroatoms. The molecular formula is C32H56NO+. The average Bonchev–Trinajstić information content (AvgIpc) is 3.11. The fourth-order valence-corrected chi connectivity index (χ4v) is 6.26. The number of hydrogen-bond acceptors (Lipinski definition) is 1. The molecule has 0 amide bonds. The van der Waals surface area contributed by atoms with E-state index in [0.29, 0.717) is 11.7 Å². The third-order valence-corrected chi connectivity index (χ3v) is 9.30. The normalized spacial score (nSPS) is 23.1. The van der Waals surface area contributed by atoms with Gasteiger partial charge in [0.2, 0.25) is 0 Å². The summed E-state index contributed by atoms with van der Waals surface area (Å²) in [5, 5.41) is 0. The molecule has 2 aliphatic carbocycles. The zero-order valence-corrected chi connectivity index (χ0v) is 23.6. The number of hydrogen-bond donors (Lipinski definition) is 0. The molecule has 1 aromatic carbocycles. The highest BCUT2D eigenvalue weighted by atomic mass is 16.1. The summed E-state index contributed by atoms with van der Waals surface area (Å²) < 4.78 is 1.11. The van der Waals surface area contributed by atoms with E-state index in [-0.39, 0.29) is 10.8 Å². The topological polar surface area (TPSA) is 17.1 Å². The van der Waals surface area contributed by atoms with Gasteiger partial charge < -0.3 is 4.48 Å². The second-order valence-corrected chi connectivity index (χ2v) is 12.8. The van der Waals surface area contributed by atoms with Crippen molar-refractivity contribution in [3.63, 3.8) is 0 Å². The Balaban J connectivity index is 0.000000305. The summed E-state index contributed by atoms with van der Waals surface area (Å²) >= 11 is 0. The van der Waals surface area contributed by atoms with Crippen LogP contribution in [0.25, 0.3) is 0 Å². The van der Waals surface area contributed by atoms with Gasteiger partial charge in [-0.3, -0.25) is 4.79 Å². The first-order valence-corrected chi connectivity index (χ1v) is 14.5. The van der Waals surface area contributed by atoms with Gasteiger partial charge in [0, 0.05) is 17.4 Å². The van der Waals surface area contributed by atoms with Crippen LogP contribution in [0.5, 0.6) is 0 Å². The molecule has 34 heavy (non-hydrogen) atoms. The Kier molecular flexibility index (Phi) is 11.8. The first-order chi connectivity index (χ1) is 16.1. The molecule has 1 aromatic rings. The van der Waals surface area contributed by atoms with Crippen LogP contribution in [-0.4, -0.2) is 30.9 Å². The van der Waals surface area contributed by atoms with Crippen LogP contribution in [0.1, 0.15) is 123 Å². The summed E-state index contributed by atoms with van der Waals surface area (Å²) in [6.45, 7) is 11.4. The predicted molar refractivity (Wildman–Crippen MR) is 148 cm³/mol. The third kappa shape index (κ3) is 8.51. The lowest BCUT2D eigenvalue weighted by Gasteiger charge is -2.32. The van der Waals surface area contributed by atoms with Crippen molar-refractivity contribution in [2.75, 3.05) is 20.6 Å². The van der Waals surface area contributed by atoms with E-state index in [0.717, 1.165) is 23.9 Å². The Morgan fingerprint density at radius 3 is 1.76 bits per heavy atom. The van der Waals surface area contributed by atoms with E-state index in [1.807, 2.05) is 0 Å². The van der Waals surface area contributed by atoms with Gasteiger partial charge in [0.05, 0.1) is 20.6 Å². The Morgan fingerprint density at radius 2 is 1.35 bits per heavy atom. The van der Waals surface area contributed by atoms with Gasteiger partial charge in [0.15, 0.2) is 0 Å². The number of Topliss-reactive ketones (excluding diaryl/α,β-unsaturated/α-hetero) is 1. The Labute approximate surface area is 212 Å². The molecule has 2 aliphatic rings. The number of rotatable bonds is 14. The summed E-state index contributed by atoms with van der Waals surface area (Å²) in [4.78, 5) is 11.6. The fourth-order valence-electron chi connectivity index (χ4n) is 6.26. The van der Waals surface area contributed by atoms with Crippen LogP contribution in [-0.2, 0) is 11.3 Å². The molecule has 2 nitrogen and oxygen atoms in total. The van der Waals surface area contributed by atoms with E-state index in [1.165, 1.54) is 89.2 Å². The molecule has 0 aromatic heterocycles. The second kappa shape index (κ2) is 13.8. The monoisotopic (exact) mass is 470 g/mol. The van der Waals surface area contributed by atoms with E-state index in [9.17, 15) is 4.79 Å². The van der Waals surface area contributed by atoms with Crippen LogP contribution in [0.4, 0.5) is 0 Å². The minimum Gasteiger partial charge on any atom is -0.325 e. The summed E-state index contributed by atoms with van der Waals surface area (Å²) in [7, 11) is 4.73. The maximum Gasteiger partial charge on any atom is 0.139 e. The lowest BCUT2D eigenvalue weighted by molar-refractivity contribution is -0.903.